The Kier molecular flexibility index (Phi) is 2.73. The molecule has 0 aromatic heterocycles. The summed E-state index contributed by atoms with van der Waals surface area (Å²) in [6.45, 7) is 0. The van der Waals surface area contributed by atoms with Crippen LogP contribution in [0.3, 0.4) is 0 Å². The van der Waals surface area contributed by atoms with Crippen LogP contribution in [0.2, 0.25) is 5.02 Å². The molecule has 0 atom stereocenters. The summed E-state index contributed by atoms with van der Waals surface area (Å²) in [7, 11) is 0. The first kappa shape index (κ1) is 12.7. The Morgan fingerprint density at radius 3 is 1.61 bits per heavy atom. The molecule has 2 rings (SSSR count). The highest BCUT2D eigenvalue weighted by Crippen LogP contribution is 2.36. The van der Waals surface area contributed by atoms with Gasteiger partial charge in [-0.25, -0.2) is 13.2 Å². The molecule has 0 radical (unpaired) electrons. The van der Waals surface area contributed by atoms with Gasteiger partial charge < -0.3 is 0 Å². The first-order valence-electron chi connectivity index (χ1n) is 4.29. The van der Waals surface area contributed by atoms with Crippen LogP contribution in [0.15, 0.2) is 11.7 Å². The molecule has 0 saturated carbocycles. The molecule has 0 unspecified atom stereocenters. The molecule has 0 saturated heterocycles. The van der Waals surface area contributed by atoms with Gasteiger partial charge in [0.2, 0.25) is 23.2 Å². The van der Waals surface area contributed by atoms with Crippen molar-refractivity contribution in [3.63, 3.8) is 0 Å². The third-order valence-electron chi connectivity index (χ3n) is 2.31. The van der Waals surface area contributed by atoms with Gasteiger partial charge in [-0.3, -0.25) is 9.59 Å². The van der Waals surface area contributed by atoms with Gasteiger partial charge >= 0.3 is 0 Å². The average molecular weight is 283 g/mol. The summed E-state index contributed by atoms with van der Waals surface area (Å²) in [6, 6.07) is 0. The van der Waals surface area contributed by atoms with E-state index < -0.39 is 56.8 Å². The van der Waals surface area contributed by atoms with E-state index in [4.69, 9.17) is 11.6 Å². The first-order chi connectivity index (χ1) is 8.29. The largest absolute Gasteiger partial charge is 0.286 e. The molecular formula is C10ClF5O2. The first-order valence-corrected chi connectivity index (χ1v) is 4.67. The molecule has 1 aromatic carbocycles. The zero-order valence-electron chi connectivity index (χ0n) is 8.08. The lowest BCUT2D eigenvalue weighted by Gasteiger charge is -2.15. The SMILES string of the molecule is O=C1C(F)=C(F)C(=O)c2c(Cl)c(F)c(F)c(F)c21. The molecule has 0 spiro atoms. The van der Waals surface area contributed by atoms with Crippen LogP contribution in [-0.4, -0.2) is 11.6 Å². The minimum atomic E-state index is -2.17. The Morgan fingerprint density at radius 2 is 1.11 bits per heavy atom. The van der Waals surface area contributed by atoms with Crippen molar-refractivity contribution in [2.45, 2.75) is 0 Å². The van der Waals surface area contributed by atoms with Crippen LogP contribution in [0.4, 0.5) is 22.0 Å². The average Bonchev–Trinajstić information content (AvgIpc) is 2.35. The highest BCUT2D eigenvalue weighted by Gasteiger charge is 2.40. The number of allylic oxidation sites excluding steroid dienone is 2. The lowest BCUT2D eigenvalue weighted by molar-refractivity contribution is 0.0926. The molecule has 2 nitrogen and oxygen atoms in total. The third-order valence-corrected chi connectivity index (χ3v) is 2.67. The fourth-order valence-corrected chi connectivity index (χ4v) is 1.74. The lowest BCUT2D eigenvalue weighted by atomic mass is 9.92. The molecule has 8 heteroatoms. The fourth-order valence-electron chi connectivity index (χ4n) is 1.48. The molecule has 0 amide bonds. The predicted molar refractivity (Wildman–Crippen MR) is 49.2 cm³/mol. The normalized spacial score (nSPS) is 15.2. The Balaban J connectivity index is 2.96. The molecule has 1 aliphatic carbocycles. The van der Waals surface area contributed by atoms with Gasteiger partial charge in [0.25, 0.3) is 0 Å². The van der Waals surface area contributed by atoms with Crippen molar-refractivity contribution < 1.29 is 31.5 Å². The quantitative estimate of drug-likeness (QED) is 0.416. The van der Waals surface area contributed by atoms with Crippen molar-refractivity contribution in [3.05, 3.63) is 45.3 Å². The molecule has 94 valence electrons. The number of benzene rings is 1. The number of fused-ring (bicyclic) bond motifs is 1. The Labute approximate surface area is 101 Å². The Morgan fingerprint density at radius 1 is 0.667 bits per heavy atom. The van der Waals surface area contributed by atoms with Gasteiger partial charge in [-0.05, 0) is 0 Å². The van der Waals surface area contributed by atoms with Crippen LogP contribution >= 0.6 is 11.6 Å². The van der Waals surface area contributed by atoms with Gasteiger partial charge in [-0.2, -0.15) is 8.78 Å². The standard InChI is InChI=1S/C10ClF5O2/c11-3-1-2(4(12)6(14)5(3)13)10(18)8(16)7(15)9(1)17. The lowest BCUT2D eigenvalue weighted by Crippen LogP contribution is -2.22. The van der Waals surface area contributed by atoms with Gasteiger partial charge in [0.15, 0.2) is 17.5 Å². The molecule has 0 bridgehead atoms. The van der Waals surface area contributed by atoms with E-state index >= 15 is 0 Å². The van der Waals surface area contributed by atoms with Gasteiger partial charge in [-0.15, -0.1) is 0 Å². The van der Waals surface area contributed by atoms with Gasteiger partial charge in [0.05, 0.1) is 16.1 Å². The molecule has 0 heterocycles. The van der Waals surface area contributed by atoms with Gasteiger partial charge in [0, 0.05) is 0 Å². The van der Waals surface area contributed by atoms with Crippen molar-refractivity contribution in [3.8, 4) is 0 Å². The van der Waals surface area contributed by atoms with E-state index in [-0.39, 0.29) is 0 Å². The Hall–Kier alpha value is -1.76. The number of carbonyl (C=O) groups is 2. The summed E-state index contributed by atoms with van der Waals surface area (Å²) >= 11 is 5.20. The number of ketones is 2. The van der Waals surface area contributed by atoms with E-state index in [2.05, 4.69) is 0 Å². The maximum absolute atomic E-state index is 13.3. The van der Waals surface area contributed by atoms with Crippen LogP contribution in [-0.2, 0) is 0 Å². The molecule has 0 N–H and O–H groups in total. The number of Topliss-reactive ketones (excluding diaryl/α,β-unsaturated/α-hetero) is 2. The molecule has 18 heavy (non-hydrogen) atoms. The minimum absolute atomic E-state index is 1.23. The summed E-state index contributed by atoms with van der Waals surface area (Å²) in [4.78, 5) is 22.4. The van der Waals surface area contributed by atoms with Crippen LogP contribution in [0, 0.1) is 17.5 Å². The van der Waals surface area contributed by atoms with Crippen molar-refractivity contribution in [2.75, 3.05) is 0 Å². The molecular weight excluding hydrogens is 283 g/mol. The van der Waals surface area contributed by atoms with Gasteiger partial charge in [-0.1, -0.05) is 11.6 Å². The van der Waals surface area contributed by atoms with Crippen molar-refractivity contribution >= 4 is 23.2 Å². The van der Waals surface area contributed by atoms with E-state index in [0.717, 1.165) is 0 Å². The predicted octanol–water partition coefficient (Wildman–Crippen LogP) is 3.29. The van der Waals surface area contributed by atoms with Crippen LogP contribution in [0.25, 0.3) is 0 Å². The van der Waals surface area contributed by atoms with E-state index in [1.54, 1.807) is 0 Å². The highest BCUT2D eigenvalue weighted by molar-refractivity contribution is 6.38. The summed E-state index contributed by atoms with van der Waals surface area (Å²) in [5, 5.41) is -1.27. The molecule has 1 aromatic rings. The zero-order valence-corrected chi connectivity index (χ0v) is 8.84. The number of halogens is 6. The van der Waals surface area contributed by atoms with Crippen molar-refractivity contribution in [2.24, 2.45) is 0 Å². The second-order valence-corrected chi connectivity index (χ2v) is 3.67. The topological polar surface area (TPSA) is 34.1 Å². The second kappa shape index (κ2) is 3.88. The molecule has 0 fully saturated rings. The molecule has 1 aliphatic rings. The number of carbonyl (C=O) groups excluding carboxylic acids is 2. The van der Waals surface area contributed by atoms with Crippen LogP contribution in [0.5, 0.6) is 0 Å². The zero-order chi connectivity index (χ0) is 13.8. The van der Waals surface area contributed by atoms with E-state index in [0.29, 0.717) is 0 Å². The van der Waals surface area contributed by atoms with Crippen LogP contribution < -0.4 is 0 Å². The van der Waals surface area contributed by atoms with Crippen molar-refractivity contribution in [1.29, 1.82) is 0 Å². The summed E-state index contributed by atoms with van der Waals surface area (Å²) < 4.78 is 65.3. The van der Waals surface area contributed by atoms with E-state index in [1.807, 2.05) is 0 Å². The van der Waals surface area contributed by atoms with Crippen molar-refractivity contribution in [1.82, 2.24) is 0 Å². The smallest absolute Gasteiger partial charge is 0.228 e. The fraction of sp³-hybridized carbons (Fsp3) is 0. The van der Waals surface area contributed by atoms with Crippen LogP contribution in [0.1, 0.15) is 20.7 Å². The maximum Gasteiger partial charge on any atom is 0.228 e. The monoisotopic (exact) mass is 282 g/mol. The summed E-state index contributed by atoms with van der Waals surface area (Å²) in [5.74, 6) is -14.2. The minimum Gasteiger partial charge on any atom is -0.286 e. The third kappa shape index (κ3) is 1.40. The maximum atomic E-state index is 13.3. The Bertz CT molecular complexity index is 595. The molecule has 0 aliphatic heterocycles. The van der Waals surface area contributed by atoms with E-state index in [9.17, 15) is 31.5 Å². The number of hydrogen-bond donors (Lipinski definition) is 0. The summed E-state index contributed by atoms with van der Waals surface area (Å²) in [5.41, 5.74) is -2.64. The second-order valence-electron chi connectivity index (χ2n) is 3.29. The number of hydrogen-bond acceptors (Lipinski definition) is 2. The highest BCUT2D eigenvalue weighted by atomic mass is 35.5. The van der Waals surface area contributed by atoms with Gasteiger partial charge in [0.1, 0.15) is 0 Å². The number of rotatable bonds is 0. The van der Waals surface area contributed by atoms with E-state index in [1.165, 1.54) is 0 Å². The summed E-state index contributed by atoms with van der Waals surface area (Å²) in [6.07, 6.45) is 0.